The van der Waals surface area contributed by atoms with Crippen LogP contribution in [0.3, 0.4) is 0 Å². The third kappa shape index (κ3) is 4.73. The van der Waals surface area contributed by atoms with Crippen molar-refractivity contribution in [1.29, 1.82) is 0 Å². The van der Waals surface area contributed by atoms with E-state index in [4.69, 9.17) is 16.7 Å². The number of rotatable bonds is 6. The van der Waals surface area contributed by atoms with Gasteiger partial charge in [0.05, 0.1) is 23.9 Å². The molecule has 18 heavy (non-hydrogen) atoms. The summed E-state index contributed by atoms with van der Waals surface area (Å²) in [5, 5.41) is 12.1. The Labute approximate surface area is 111 Å². The zero-order valence-electron chi connectivity index (χ0n) is 9.97. The number of hydrogen-bond donors (Lipinski definition) is 2. The van der Waals surface area contributed by atoms with Gasteiger partial charge in [0.25, 0.3) is 0 Å². The first-order valence-electron chi connectivity index (χ1n) is 5.52. The Balaban J connectivity index is 2.47. The molecule has 0 unspecified atom stereocenters. The fourth-order valence-corrected chi connectivity index (χ4v) is 1.45. The van der Waals surface area contributed by atoms with E-state index in [0.29, 0.717) is 18.1 Å². The van der Waals surface area contributed by atoms with Crippen molar-refractivity contribution in [2.75, 3.05) is 19.7 Å². The number of carbonyl (C=O) groups excluding carboxylic acids is 1. The van der Waals surface area contributed by atoms with Gasteiger partial charge < -0.3 is 15.3 Å². The summed E-state index contributed by atoms with van der Waals surface area (Å²) < 4.78 is 0. The van der Waals surface area contributed by atoms with E-state index in [1.165, 1.54) is 11.1 Å². The van der Waals surface area contributed by atoms with Gasteiger partial charge in [-0.1, -0.05) is 17.7 Å². The number of hydrogen-bond acceptors (Lipinski definition) is 3. The molecule has 0 bridgehead atoms. The molecule has 6 heteroatoms. The molecule has 1 heterocycles. The normalized spacial score (nSPS) is 9.89. The van der Waals surface area contributed by atoms with E-state index in [9.17, 15) is 4.79 Å². The van der Waals surface area contributed by atoms with Crippen molar-refractivity contribution in [3.8, 4) is 0 Å². The predicted molar refractivity (Wildman–Crippen MR) is 70.3 cm³/mol. The Morgan fingerprint density at radius 1 is 1.61 bits per heavy atom. The lowest BCUT2D eigenvalue weighted by Gasteiger charge is -2.20. The summed E-state index contributed by atoms with van der Waals surface area (Å²) in [6.07, 6.45) is 3.13. The first-order valence-corrected chi connectivity index (χ1v) is 5.90. The van der Waals surface area contributed by atoms with Crippen molar-refractivity contribution < 1.29 is 9.90 Å². The Morgan fingerprint density at radius 3 is 2.94 bits per heavy atom. The van der Waals surface area contributed by atoms with Crippen LogP contribution in [0.1, 0.15) is 5.69 Å². The Hall–Kier alpha value is -1.59. The van der Waals surface area contributed by atoms with Crippen LogP contribution >= 0.6 is 11.6 Å². The van der Waals surface area contributed by atoms with Crippen molar-refractivity contribution in [3.05, 3.63) is 41.7 Å². The minimum absolute atomic E-state index is 0.0829. The average Bonchev–Trinajstić information content (AvgIpc) is 2.37. The van der Waals surface area contributed by atoms with Gasteiger partial charge in [-0.15, -0.1) is 6.58 Å². The van der Waals surface area contributed by atoms with Crippen LogP contribution < -0.4 is 5.32 Å². The lowest BCUT2D eigenvalue weighted by molar-refractivity contribution is 0.183. The van der Waals surface area contributed by atoms with Gasteiger partial charge in [-0.05, 0) is 12.1 Å². The van der Waals surface area contributed by atoms with Gasteiger partial charge in [0.15, 0.2) is 0 Å². The molecular weight excluding hydrogens is 254 g/mol. The molecule has 0 atom stereocenters. The fourth-order valence-electron chi connectivity index (χ4n) is 1.34. The smallest absolute Gasteiger partial charge is 0.318 e. The summed E-state index contributed by atoms with van der Waals surface area (Å²) in [6, 6.07) is 3.19. The first-order chi connectivity index (χ1) is 8.67. The number of urea groups is 1. The molecule has 0 radical (unpaired) electrons. The molecule has 98 valence electrons. The Morgan fingerprint density at radius 2 is 2.39 bits per heavy atom. The molecule has 5 nitrogen and oxygen atoms in total. The number of amides is 2. The minimum Gasteiger partial charge on any atom is -0.395 e. The van der Waals surface area contributed by atoms with Crippen molar-refractivity contribution in [1.82, 2.24) is 15.2 Å². The van der Waals surface area contributed by atoms with Gasteiger partial charge in [0.2, 0.25) is 0 Å². The van der Waals surface area contributed by atoms with Gasteiger partial charge >= 0.3 is 6.03 Å². The zero-order valence-corrected chi connectivity index (χ0v) is 10.7. The van der Waals surface area contributed by atoms with Crippen LogP contribution in [0.2, 0.25) is 5.02 Å². The van der Waals surface area contributed by atoms with Crippen LogP contribution in [-0.4, -0.2) is 40.7 Å². The first kappa shape index (κ1) is 14.5. The van der Waals surface area contributed by atoms with Crippen LogP contribution in [0.15, 0.2) is 31.0 Å². The lowest BCUT2D eigenvalue weighted by Crippen LogP contribution is -2.41. The molecule has 1 rings (SSSR count). The third-order valence-corrected chi connectivity index (χ3v) is 2.44. The van der Waals surface area contributed by atoms with Crippen LogP contribution in [0.4, 0.5) is 4.79 Å². The van der Waals surface area contributed by atoms with Gasteiger partial charge in [-0.3, -0.25) is 4.98 Å². The molecule has 0 saturated carbocycles. The quantitative estimate of drug-likeness (QED) is 0.768. The maximum absolute atomic E-state index is 11.8. The predicted octanol–water partition coefficient (Wildman–Crippen LogP) is 1.42. The monoisotopic (exact) mass is 269 g/mol. The highest BCUT2D eigenvalue weighted by molar-refractivity contribution is 6.30. The number of nitrogens with one attached hydrogen (secondary N) is 1. The second-order valence-corrected chi connectivity index (χ2v) is 4.02. The van der Waals surface area contributed by atoms with E-state index in [-0.39, 0.29) is 19.2 Å². The lowest BCUT2D eigenvalue weighted by atomic mass is 10.3. The van der Waals surface area contributed by atoms with Gasteiger partial charge in [0, 0.05) is 19.3 Å². The van der Waals surface area contributed by atoms with Crippen LogP contribution in [0, 0.1) is 0 Å². The SMILES string of the molecule is C=CCN(CCO)C(=O)NCc1ccc(Cl)cn1. The van der Waals surface area contributed by atoms with E-state index < -0.39 is 0 Å². The molecule has 1 aromatic rings. The number of aromatic nitrogens is 1. The van der Waals surface area contributed by atoms with Gasteiger partial charge in [-0.25, -0.2) is 4.79 Å². The molecule has 0 saturated heterocycles. The highest BCUT2D eigenvalue weighted by atomic mass is 35.5. The largest absolute Gasteiger partial charge is 0.395 e. The average molecular weight is 270 g/mol. The van der Waals surface area contributed by atoms with Crippen LogP contribution in [-0.2, 0) is 6.54 Å². The molecular formula is C12H16ClN3O2. The molecule has 0 fully saturated rings. The summed E-state index contributed by atoms with van der Waals surface area (Å²) in [5.41, 5.74) is 0.718. The molecule has 2 N–H and O–H groups in total. The second kappa shape index (κ2) is 7.68. The number of carbonyl (C=O) groups is 1. The van der Waals surface area contributed by atoms with Crippen LogP contribution in [0.25, 0.3) is 0 Å². The molecule has 2 amide bonds. The zero-order chi connectivity index (χ0) is 13.4. The fraction of sp³-hybridized carbons (Fsp3) is 0.333. The van der Waals surface area contributed by atoms with Crippen molar-refractivity contribution in [2.45, 2.75) is 6.54 Å². The molecule has 0 aliphatic rings. The minimum atomic E-state index is -0.263. The topological polar surface area (TPSA) is 65.5 Å². The van der Waals surface area contributed by atoms with Crippen molar-refractivity contribution >= 4 is 17.6 Å². The van der Waals surface area contributed by atoms with E-state index in [2.05, 4.69) is 16.9 Å². The Bertz CT molecular complexity index is 395. The highest BCUT2D eigenvalue weighted by Crippen LogP contribution is 2.05. The molecule has 0 spiro atoms. The molecule has 0 aromatic carbocycles. The van der Waals surface area contributed by atoms with E-state index in [0.717, 1.165) is 5.69 Å². The van der Waals surface area contributed by atoms with E-state index in [1.807, 2.05) is 0 Å². The number of nitrogens with zero attached hydrogens (tertiary/aromatic N) is 2. The summed E-state index contributed by atoms with van der Waals surface area (Å²) >= 11 is 5.71. The number of aliphatic hydroxyl groups excluding tert-OH is 1. The van der Waals surface area contributed by atoms with Crippen LogP contribution in [0.5, 0.6) is 0 Å². The molecule has 1 aromatic heterocycles. The Kier molecular flexibility index (Phi) is 6.18. The third-order valence-electron chi connectivity index (χ3n) is 2.22. The summed E-state index contributed by atoms with van der Waals surface area (Å²) in [6.45, 7) is 4.45. The van der Waals surface area contributed by atoms with E-state index >= 15 is 0 Å². The number of halogens is 1. The van der Waals surface area contributed by atoms with Gasteiger partial charge in [-0.2, -0.15) is 0 Å². The van der Waals surface area contributed by atoms with E-state index in [1.54, 1.807) is 18.2 Å². The summed E-state index contributed by atoms with van der Waals surface area (Å²) in [4.78, 5) is 17.3. The maximum atomic E-state index is 11.8. The van der Waals surface area contributed by atoms with Crippen molar-refractivity contribution in [3.63, 3.8) is 0 Å². The molecule has 0 aliphatic heterocycles. The second-order valence-electron chi connectivity index (χ2n) is 3.58. The number of aliphatic hydroxyl groups is 1. The van der Waals surface area contributed by atoms with Gasteiger partial charge in [0.1, 0.15) is 0 Å². The standard InChI is InChI=1S/C12H16ClN3O2/c1-2-5-16(6-7-17)12(18)15-9-11-4-3-10(13)8-14-11/h2-4,8,17H,1,5-7,9H2,(H,15,18). The van der Waals surface area contributed by atoms with Crippen molar-refractivity contribution in [2.24, 2.45) is 0 Å². The molecule has 0 aliphatic carbocycles. The highest BCUT2D eigenvalue weighted by Gasteiger charge is 2.10. The summed E-state index contributed by atoms with van der Waals surface area (Å²) in [5.74, 6) is 0. The number of pyridine rings is 1. The summed E-state index contributed by atoms with van der Waals surface area (Å²) in [7, 11) is 0. The maximum Gasteiger partial charge on any atom is 0.318 e.